The summed E-state index contributed by atoms with van der Waals surface area (Å²) in [6.45, 7) is 7.25. The molecule has 3 fully saturated rings. The summed E-state index contributed by atoms with van der Waals surface area (Å²) in [5, 5.41) is 5.53. The van der Waals surface area contributed by atoms with E-state index in [-0.39, 0.29) is 18.9 Å². The molecule has 3 aliphatic heterocycles. The van der Waals surface area contributed by atoms with Crippen molar-refractivity contribution in [3.05, 3.63) is 24.3 Å². The lowest BCUT2D eigenvalue weighted by atomic mass is 9.98. The number of anilines is 1. The number of ether oxygens (including phenoxy) is 6. The molecular weight excluding hydrogens is 420 g/mol. The molecule has 0 aromatic heterocycles. The van der Waals surface area contributed by atoms with Crippen molar-refractivity contribution in [3.63, 3.8) is 0 Å². The van der Waals surface area contributed by atoms with Gasteiger partial charge in [-0.15, -0.1) is 0 Å². The number of benzene rings is 1. The highest BCUT2D eigenvalue weighted by Crippen LogP contribution is 2.44. The van der Waals surface area contributed by atoms with Crippen molar-refractivity contribution in [1.29, 1.82) is 0 Å². The van der Waals surface area contributed by atoms with Crippen LogP contribution in [0.2, 0.25) is 0 Å². The second-order valence-corrected chi connectivity index (χ2v) is 8.91. The van der Waals surface area contributed by atoms with E-state index in [1.807, 2.05) is 0 Å². The van der Waals surface area contributed by atoms with Gasteiger partial charge in [-0.05, 0) is 52.0 Å². The van der Waals surface area contributed by atoms with E-state index in [4.69, 9.17) is 28.4 Å². The normalized spacial score (nSPS) is 32.0. The van der Waals surface area contributed by atoms with Crippen molar-refractivity contribution in [3.8, 4) is 5.75 Å². The van der Waals surface area contributed by atoms with Gasteiger partial charge in [0.25, 0.3) is 5.91 Å². The van der Waals surface area contributed by atoms with Gasteiger partial charge >= 0.3 is 0 Å². The molecule has 3 heterocycles. The third-order valence-corrected chi connectivity index (χ3v) is 5.44. The molecule has 2 N–H and O–H groups in total. The molecule has 32 heavy (non-hydrogen) atoms. The Hall–Kier alpha value is -2.24. The van der Waals surface area contributed by atoms with E-state index in [1.54, 1.807) is 59.1 Å². The van der Waals surface area contributed by atoms with Crippen molar-refractivity contribution in [2.75, 3.05) is 19.0 Å². The summed E-state index contributed by atoms with van der Waals surface area (Å²) >= 11 is 0. The molecule has 1 aromatic carbocycles. The summed E-state index contributed by atoms with van der Waals surface area (Å²) in [5.74, 6) is -1.68. The first-order valence-electron chi connectivity index (χ1n) is 10.7. The van der Waals surface area contributed by atoms with E-state index >= 15 is 0 Å². The van der Waals surface area contributed by atoms with Crippen LogP contribution in [-0.4, -0.2) is 67.7 Å². The van der Waals surface area contributed by atoms with Gasteiger partial charge in [-0.2, -0.15) is 0 Å². The zero-order valence-corrected chi connectivity index (χ0v) is 18.9. The lowest BCUT2D eigenvalue weighted by Gasteiger charge is -2.36. The summed E-state index contributed by atoms with van der Waals surface area (Å²) in [7, 11) is 1.57. The monoisotopic (exact) mass is 450 g/mol. The molecule has 1 aromatic rings. The molecule has 0 aliphatic carbocycles. The molecule has 10 heteroatoms. The zero-order chi connectivity index (χ0) is 23.1. The summed E-state index contributed by atoms with van der Waals surface area (Å²) in [4.78, 5) is 25.1. The molecule has 4 rings (SSSR count). The molecule has 0 bridgehead atoms. The van der Waals surface area contributed by atoms with Gasteiger partial charge < -0.3 is 39.1 Å². The number of rotatable bonds is 6. The predicted octanol–water partition coefficient (Wildman–Crippen LogP) is 1.54. The Labute approximate surface area is 186 Å². The van der Waals surface area contributed by atoms with E-state index < -0.39 is 48.2 Å². The SMILES string of the molecule is COc1ccc(NC(=O)CCNC(=O)[C@@H]2O[C@H]3OC(C)(C)O[C@@H]3[C@H]3OC(C)(C)O[C@H]32)cc1. The van der Waals surface area contributed by atoms with Gasteiger partial charge in [0.1, 0.15) is 24.1 Å². The van der Waals surface area contributed by atoms with Crippen molar-refractivity contribution < 1.29 is 38.0 Å². The Morgan fingerprint density at radius 3 is 2.25 bits per heavy atom. The van der Waals surface area contributed by atoms with Crippen LogP contribution in [0.25, 0.3) is 0 Å². The number of hydrogen-bond acceptors (Lipinski definition) is 8. The summed E-state index contributed by atoms with van der Waals surface area (Å²) < 4.78 is 34.7. The van der Waals surface area contributed by atoms with Crippen LogP contribution in [0.5, 0.6) is 5.75 Å². The van der Waals surface area contributed by atoms with Crippen LogP contribution in [0.15, 0.2) is 24.3 Å². The topological polar surface area (TPSA) is 114 Å². The molecular formula is C22H30N2O8. The summed E-state index contributed by atoms with van der Waals surface area (Å²) in [6.07, 6.45) is -3.28. The van der Waals surface area contributed by atoms with Crippen LogP contribution in [0.1, 0.15) is 34.1 Å². The maximum Gasteiger partial charge on any atom is 0.252 e. The largest absolute Gasteiger partial charge is 0.497 e. The zero-order valence-electron chi connectivity index (χ0n) is 18.9. The van der Waals surface area contributed by atoms with Crippen LogP contribution in [0, 0.1) is 0 Å². The molecule has 0 spiro atoms. The number of hydrogen-bond donors (Lipinski definition) is 2. The lowest BCUT2D eigenvalue weighted by molar-refractivity contribution is -0.231. The molecule has 0 saturated carbocycles. The fraction of sp³-hybridized carbons (Fsp3) is 0.636. The minimum Gasteiger partial charge on any atom is -0.497 e. The van der Waals surface area contributed by atoms with Gasteiger partial charge in [0.05, 0.1) is 7.11 Å². The molecule has 5 atom stereocenters. The molecule has 0 radical (unpaired) electrons. The number of amides is 2. The van der Waals surface area contributed by atoms with Crippen molar-refractivity contribution in [2.24, 2.45) is 0 Å². The van der Waals surface area contributed by atoms with E-state index in [0.717, 1.165) is 0 Å². The number of nitrogens with one attached hydrogen (secondary N) is 2. The highest BCUT2D eigenvalue weighted by Gasteiger charge is 2.62. The first-order chi connectivity index (χ1) is 15.1. The minimum atomic E-state index is -0.954. The van der Waals surface area contributed by atoms with Gasteiger partial charge in [0.15, 0.2) is 24.0 Å². The molecule has 2 amide bonds. The Morgan fingerprint density at radius 1 is 0.938 bits per heavy atom. The van der Waals surface area contributed by atoms with Crippen molar-refractivity contribution in [1.82, 2.24) is 5.32 Å². The number of methoxy groups -OCH3 is 1. The first-order valence-corrected chi connectivity index (χ1v) is 10.7. The second-order valence-electron chi connectivity index (χ2n) is 8.91. The van der Waals surface area contributed by atoms with E-state index in [0.29, 0.717) is 11.4 Å². The second kappa shape index (κ2) is 8.60. The van der Waals surface area contributed by atoms with E-state index in [1.165, 1.54) is 0 Å². The Morgan fingerprint density at radius 2 is 1.56 bits per heavy atom. The van der Waals surface area contributed by atoms with Crippen LogP contribution >= 0.6 is 0 Å². The van der Waals surface area contributed by atoms with E-state index in [9.17, 15) is 9.59 Å². The third kappa shape index (κ3) is 4.89. The Kier molecular flexibility index (Phi) is 6.17. The van der Waals surface area contributed by atoms with Crippen molar-refractivity contribution >= 4 is 17.5 Å². The van der Waals surface area contributed by atoms with Crippen LogP contribution < -0.4 is 15.4 Å². The fourth-order valence-electron chi connectivity index (χ4n) is 4.12. The molecule has 10 nitrogen and oxygen atoms in total. The average molecular weight is 450 g/mol. The smallest absolute Gasteiger partial charge is 0.252 e. The predicted molar refractivity (Wildman–Crippen MR) is 112 cm³/mol. The van der Waals surface area contributed by atoms with Crippen LogP contribution in [0.3, 0.4) is 0 Å². The van der Waals surface area contributed by atoms with Crippen LogP contribution in [0.4, 0.5) is 5.69 Å². The Balaban J connectivity index is 1.32. The lowest BCUT2D eigenvalue weighted by Crippen LogP contribution is -2.59. The first kappa shape index (κ1) is 22.9. The summed E-state index contributed by atoms with van der Waals surface area (Å²) in [5.41, 5.74) is 0.645. The van der Waals surface area contributed by atoms with Gasteiger partial charge in [-0.25, -0.2) is 0 Å². The average Bonchev–Trinajstić information content (AvgIpc) is 3.21. The molecule has 176 valence electrons. The summed E-state index contributed by atoms with van der Waals surface area (Å²) in [6, 6.07) is 6.99. The fourth-order valence-corrected chi connectivity index (χ4v) is 4.12. The molecule has 3 aliphatic rings. The molecule has 0 unspecified atom stereocenters. The quantitative estimate of drug-likeness (QED) is 0.671. The van der Waals surface area contributed by atoms with E-state index in [2.05, 4.69) is 10.6 Å². The highest BCUT2D eigenvalue weighted by atomic mass is 16.9. The van der Waals surface area contributed by atoms with Crippen molar-refractivity contribution in [2.45, 2.75) is 76.4 Å². The van der Waals surface area contributed by atoms with Gasteiger partial charge in [0, 0.05) is 18.7 Å². The maximum absolute atomic E-state index is 12.9. The minimum absolute atomic E-state index is 0.0974. The van der Waals surface area contributed by atoms with Gasteiger partial charge in [-0.3, -0.25) is 9.59 Å². The maximum atomic E-state index is 12.9. The Bertz CT molecular complexity index is 856. The third-order valence-electron chi connectivity index (χ3n) is 5.44. The standard InChI is InChI=1S/C22H30N2O8/c1-21(2)29-15-16(30-21)18-20(32-22(3,4)31-18)28-17(15)19(26)23-11-10-14(25)24-12-6-8-13(27-5)9-7-12/h6-9,15-18,20H,10-11H2,1-5H3,(H,23,26)(H,24,25)/t15-,16+,17-,18-,20+/m1/s1. The number of carbonyl (C=O) groups excluding carboxylic acids is 2. The number of fused-ring (bicyclic) bond motifs is 3. The number of carbonyl (C=O) groups is 2. The van der Waals surface area contributed by atoms with Gasteiger partial charge in [0.2, 0.25) is 5.91 Å². The van der Waals surface area contributed by atoms with Gasteiger partial charge in [-0.1, -0.05) is 0 Å². The molecule has 3 saturated heterocycles. The van der Waals surface area contributed by atoms with Crippen LogP contribution in [-0.2, 0) is 33.3 Å². The highest BCUT2D eigenvalue weighted by molar-refractivity contribution is 5.91.